The van der Waals surface area contributed by atoms with Crippen LogP contribution in [0.5, 0.6) is 0 Å². The van der Waals surface area contributed by atoms with E-state index in [2.05, 4.69) is 23.3 Å². The first-order valence-corrected chi connectivity index (χ1v) is 6.40. The minimum atomic E-state index is 0.230. The number of nitrogens with one attached hydrogen (secondary N) is 1. The zero-order valence-electron chi connectivity index (χ0n) is 11.3. The highest BCUT2D eigenvalue weighted by molar-refractivity contribution is 5.34. The molecule has 0 amide bonds. The van der Waals surface area contributed by atoms with Crippen LogP contribution in [0, 0.1) is 11.3 Å². The van der Waals surface area contributed by atoms with Crippen molar-refractivity contribution in [1.29, 1.82) is 5.26 Å². The van der Waals surface area contributed by atoms with Gasteiger partial charge in [0.2, 0.25) is 0 Å². The average Bonchev–Trinajstić information content (AvgIpc) is 2.84. The van der Waals surface area contributed by atoms with Gasteiger partial charge in [0.05, 0.1) is 11.6 Å². The summed E-state index contributed by atoms with van der Waals surface area (Å²) in [5.41, 5.74) is 1.84. The Labute approximate surface area is 113 Å². The number of rotatable bonds is 5. The van der Waals surface area contributed by atoms with E-state index in [0.29, 0.717) is 5.56 Å². The third-order valence-corrected chi connectivity index (χ3v) is 3.24. The maximum absolute atomic E-state index is 8.89. The zero-order valence-corrected chi connectivity index (χ0v) is 11.3. The van der Waals surface area contributed by atoms with E-state index in [0.717, 1.165) is 24.4 Å². The van der Waals surface area contributed by atoms with Gasteiger partial charge in [-0.2, -0.15) is 5.26 Å². The van der Waals surface area contributed by atoms with Crippen LogP contribution in [0.4, 0.5) is 0 Å². The Morgan fingerprint density at radius 3 is 3.00 bits per heavy atom. The molecular formula is C15H18N4. The van der Waals surface area contributed by atoms with Crippen LogP contribution >= 0.6 is 0 Å². The van der Waals surface area contributed by atoms with E-state index in [-0.39, 0.29) is 6.04 Å². The van der Waals surface area contributed by atoms with Crippen LogP contribution in [0.15, 0.2) is 36.7 Å². The minimum absolute atomic E-state index is 0.230. The zero-order chi connectivity index (χ0) is 13.7. The van der Waals surface area contributed by atoms with E-state index in [1.54, 1.807) is 0 Å². The Balaban J connectivity index is 1.89. The summed E-state index contributed by atoms with van der Waals surface area (Å²) < 4.78 is 2.03. The highest BCUT2D eigenvalue weighted by Crippen LogP contribution is 2.13. The van der Waals surface area contributed by atoms with Crippen LogP contribution in [0.3, 0.4) is 0 Å². The van der Waals surface area contributed by atoms with Gasteiger partial charge in [0.1, 0.15) is 5.82 Å². The lowest BCUT2D eigenvalue weighted by Crippen LogP contribution is -2.22. The fourth-order valence-corrected chi connectivity index (χ4v) is 2.03. The summed E-state index contributed by atoms with van der Waals surface area (Å²) >= 11 is 0. The van der Waals surface area contributed by atoms with Gasteiger partial charge in [-0.05, 0) is 24.6 Å². The van der Waals surface area contributed by atoms with Crippen molar-refractivity contribution in [2.45, 2.75) is 19.4 Å². The van der Waals surface area contributed by atoms with Gasteiger partial charge >= 0.3 is 0 Å². The summed E-state index contributed by atoms with van der Waals surface area (Å²) in [5.74, 6) is 1.07. The van der Waals surface area contributed by atoms with Gasteiger partial charge in [-0.15, -0.1) is 0 Å². The normalized spacial score (nSPS) is 12.1. The molecule has 1 heterocycles. The highest BCUT2D eigenvalue weighted by atomic mass is 15.0. The maximum atomic E-state index is 8.89. The number of nitriles is 1. The summed E-state index contributed by atoms with van der Waals surface area (Å²) in [4.78, 5) is 4.29. The fraction of sp³-hybridized carbons (Fsp3) is 0.333. The fourth-order valence-electron chi connectivity index (χ4n) is 2.03. The number of imidazole rings is 1. The van der Waals surface area contributed by atoms with E-state index in [1.165, 1.54) is 0 Å². The Morgan fingerprint density at radius 1 is 1.47 bits per heavy atom. The van der Waals surface area contributed by atoms with Crippen molar-refractivity contribution in [1.82, 2.24) is 14.9 Å². The first-order chi connectivity index (χ1) is 9.20. The third kappa shape index (κ3) is 3.43. The van der Waals surface area contributed by atoms with E-state index in [4.69, 9.17) is 5.26 Å². The molecule has 98 valence electrons. The van der Waals surface area contributed by atoms with E-state index < -0.39 is 0 Å². The lowest BCUT2D eigenvalue weighted by molar-refractivity contribution is 0.565. The van der Waals surface area contributed by atoms with Crippen molar-refractivity contribution in [3.63, 3.8) is 0 Å². The van der Waals surface area contributed by atoms with Crippen molar-refractivity contribution >= 4 is 0 Å². The van der Waals surface area contributed by atoms with Crippen LogP contribution in [-0.2, 0) is 13.5 Å². The van der Waals surface area contributed by atoms with Crippen LogP contribution in [-0.4, -0.2) is 16.1 Å². The minimum Gasteiger partial charge on any atom is -0.338 e. The molecule has 1 aromatic carbocycles. The predicted octanol–water partition coefficient (Wildman–Crippen LogP) is 2.19. The van der Waals surface area contributed by atoms with Gasteiger partial charge in [0.25, 0.3) is 0 Å². The molecule has 0 saturated heterocycles. The van der Waals surface area contributed by atoms with Crippen LogP contribution < -0.4 is 5.32 Å². The lowest BCUT2D eigenvalue weighted by atomic mass is 10.1. The average molecular weight is 254 g/mol. The van der Waals surface area contributed by atoms with Crippen molar-refractivity contribution in [2.24, 2.45) is 7.05 Å². The van der Waals surface area contributed by atoms with Crippen LogP contribution in [0.2, 0.25) is 0 Å². The predicted molar refractivity (Wildman–Crippen MR) is 74.5 cm³/mol. The molecule has 0 aliphatic carbocycles. The molecule has 2 rings (SSSR count). The molecule has 0 saturated carbocycles. The molecule has 4 heteroatoms. The Bertz CT molecular complexity index is 580. The van der Waals surface area contributed by atoms with Crippen molar-refractivity contribution < 1.29 is 0 Å². The largest absolute Gasteiger partial charge is 0.338 e. The molecule has 0 bridgehead atoms. The van der Waals surface area contributed by atoms with Gasteiger partial charge in [0, 0.05) is 38.4 Å². The number of benzene rings is 1. The van der Waals surface area contributed by atoms with Gasteiger partial charge in [-0.1, -0.05) is 12.1 Å². The smallest absolute Gasteiger partial charge is 0.109 e. The molecule has 4 nitrogen and oxygen atoms in total. The Kier molecular flexibility index (Phi) is 4.32. The summed E-state index contributed by atoms with van der Waals surface area (Å²) in [6, 6.07) is 10.1. The highest BCUT2D eigenvalue weighted by Gasteiger charge is 2.06. The SMILES string of the molecule is CC(NCCc1nccn1C)c1cccc(C#N)c1. The molecule has 0 spiro atoms. The molecule has 1 N–H and O–H groups in total. The maximum Gasteiger partial charge on any atom is 0.109 e. The molecule has 0 aliphatic heterocycles. The summed E-state index contributed by atoms with van der Waals surface area (Å²) in [6.07, 6.45) is 4.66. The molecule has 2 aromatic rings. The molecule has 0 radical (unpaired) electrons. The number of aryl methyl sites for hydroxylation is 1. The standard InChI is InChI=1S/C15H18N4/c1-12(14-5-3-4-13(10-14)11-16)17-7-6-15-18-8-9-19(15)2/h3-5,8-10,12,17H,6-7H2,1-2H3. The molecule has 1 unspecified atom stereocenters. The van der Waals surface area contributed by atoms with E-state index in [9.17, 15) is 0 Å². The van der Waals surface area contributed by atoms with Crippen molar-refractivity contribution in [3.05, 3.63) is 53.6 Å². The second-order valence-electron chi connectivity index (χ2n) is 4.62. The second kappa shape index (κ2) is 6.17. The summed E-state index contributed by atoms with van der Waals surface area (Å²) in [6.45, 7) is 2.97. The molecule has 19 heavy (non-hydrogen) atoms. The number of hydrogen-bond donors (Lipinski definition) is 1. The van der Waals surface area contributed by atoms with Crippen molar-refractivity contribution in [2.75, 3.05) is 6.54 Å². The molecule has 0 aliphatic rings. The van der Waals surface area contributed by atoms with Gasteiger partial charge < -0.3 is 9.88 Å². The topological polar surface area (TPSA) is 53.6 Å². The van der Waals surface area contributed by atoms with Crippen LogP contribution in [0.1, 0.15) is 29.9 Å². The summed E-state index contributed by atoms with van der Waals surface area (Å²) in [5, 5.41) is 12.3. The first-order valence-electron chi connectivity index (χ1n) is 6.40. The Morgan fingerprint density at radius 2 is 2.32 bits per heavy atom. The molecular weight excluding hydrogens is 236 g/mol. The molecule has 1 aromatic heterocycles. The third-order valence-electron chi connectivity index (χ3n) is 3.24. The number of aromatic nitrogens is 2. The van der Waals surface area contributed by atoms with Crippen LogP contribution in [0.25, 0.3) is 0 Å². The van der Waals surface area contributed by atoms with Gasteiger partial charge in [-0.3, -0.25) is 0 Å². The molecule has 1 atom stereocenters. The second-order valence-corrected chi connectivity index (χ2v) is 4.62. The molecule has 0 fully saturated rings. The summed E-state index contributed by atoms with van der Waals surface area (Å²) in [7, 11) is 2.00. The Hall–Kier alpha value is -2.12. The monoisotopic (exact) mass is 254 g/mol. The quantitative estimate of drug-likeness (QED) is 0.889. The first kappa shape index (κ1) is 13.3. The van der Waals surface area contributed by atoms with Crippen molar-refractivity contribution in [3.8, 4) is 6.07 Å². The van der Waals surface area contributed by atoms with E-state index >= 15 is 0 Å². The van der Waals surface area contributed by atoms with Gasteiger partial charge in [-0.25, -0.2) is 4.98 Å². The lowest BCUT2D eigenvalue weighted by Gasteiger charge is -2.14. The van der Waals surface area contributed by atoms with Gasteiger partial charge in [0.15, 0.2) is 0 Å². The number of hydrogen-bond acceptors (Lipinski definition) is 3. The number of nitrogens with zero attached hydrogens (tertiary/aromatic N) is 3. The van der Waals surface area contributed by atoms with E-state index in [1.807, 2.05) is 48.3 Å².